The molecule has 1 aliphatic carbocycles. The van der Waals surface area contributed by atoms with Crippen LogP contribution in [0.2, 0.25) is 0 Å². The average molecular weight is 339 g/mol. The smallest absolute Gasteiger partial charge is 0.191 e. The third-order valence-electron chi connectivity index (χ3n) is 3.86. The molecule has 0 radical (unpaired) electrons. The molecule has 6 heteroatoms. The highest BCUT2D eigenvalue weighted by Gasteiger charge is 2.34. The third kappa shape index (κ3) is 6.39. The first-order valence-electron chi connectivity index (χ1n) is 8.24. The molecule has 0 aromatic heterocycles. The van der Waals surface area contributed by atoms with Crippen LogP contribution in [0.15, 0.2) is 34.2 Å². The van der Waals surface area contributed by atoms with Crippen molar-refractivity contribution in [3.63, 3.8) is 0 Å². The molecule has 0 bridgehead atoms. The summed E-state index contributed by atoms with van der Waals surface area (Å²) in [6.07, 6.45) is 3.78. The fraction of sp³-hybridized carbons (Fsp3) is 0.588. The van der Waals surface area contributed by atoms with Crippen LogP contribution in [-0.2, 0) is 0 Å². The SMILES string of the molecule is CCNC(=NCC1(O)CCC1)NCCCSc1ccc(F)cc1. The van der Waals surface area contributed by atoms with Gasteiger partial charge in [-0.2, -0.15) is 0 Å². The number of thioether (sulfide) groups is 1. The molecule has 0 aliphatic heterocycles. The predicted octanol–water partition coefficient (Wildman–Crippen LogP) is 2.78. The number of nitrogens with zero attached hydrogens (tertiary/aromatic N) is 1. The van der Waals surface area contributed by atoms with E-state index >= 15 is 0 Å². The first kappa shape index (κ1) is 18.1. The van der Waals surface area contributed by atoms with Crippen molar-refractivity contribution in [2.75, 3.05) is 25.4 Å². The summed E-state index contributed by atoms with van der Waals surface area (Å²) < 4.78 is 12.8. The Bertz CT molecular complexity index is 503. The average Bonchev–Trinajstić information content (AvgIpc) is 2.52. The molecule has 128 valence electrons. The molecule has 0 spiro atoms. The lowest BCUT2D eigenvalue weighted by Crippen LogP contribution is -2.43. The summed E-state index contributed by atoms with van der Waals surface area (Å²) >= 11 is 1.72. The number of hydrogen-bond donors (Lipinski definition) is 3. The van der Waals surface area contributed by atoms with Crippen LogP contribution >= 0.6 is 11.8 Å². The zero-order valence-electron chi connectivity index (χ0n) is 13.6. The Labute approximate surface area is 142 Å². The van der Waals surface area contributed by atoms with Gasteiger partial charge in [0.15, 0.2) is 5.96 Å². The highest BCUT2D eigenvalue weighted by atomic mass is 32.2. The summed E-state index contributed by atoms with van der Waals surface area (Å²) in [6, 6.07) is 6.58. The van der Waals surface area contributed by atoms with Crippen LogP contribution in [0, 0.1) is 5.82 Å². The highest BCUT2D eigenvalue weighted by Crippen LogP contribution is 2.31. The maximum absolute atomic E-state index is 12.8. The molecule has 0 saturated heterocycles. The van der Waals surface area contributed by atoms with Crippen molar-refractivity contribution >= 4 is 17.7 Å². The van der Waals surface area contributed by atoms with E-state index in [0.29, 0.717) is 6.54 Å². The van der Waals surface area contributed by atoms with E-state index in [9.17, 15) is 9.50 Å². The number of guanidine groups is 1. The minimum absolute atomic E-state index is 0.198. The summed E-state index contributed by atoms with van der Waals surface area (Å²) in [4.78, 5) is 5.55. The van der Waals surface area contributed by atoms with Crippen molar-refractivity contribution in [2.24, 2.45) is 4.99 Å². The fourth-order valence-corrected chi connectivity index (χ4v) is 3.16. The van der Waals surface area contributed by atoms with Crippen LogP contribution in [0.3, 0.4) is 0 Å². The van der Waals surface area contributed by atoms with Crippen molar-refractivity contribution in [2.45, 2.75) is 43.1 Å². The topological polar surface area (TPSA) is 56.7 Å². The lowest BCUT2D eigenvalue weighted by atomic mass is 9.80. The molecule has 0 unspecified atom stereocenters. The molecule has 1 aliphatic rings. The van der Waals surface area contributed by atoms with Gasteiger partial charge in [0.25, 0.3) is 0 Å². The molecular formula is C17H26FN3OS. The number of aliphatic imine (C=N–C) groups is 1. The zero-order valence-corrected chi connectivity index (χ0v) is 14.5. The second-order valence-corrected chi connectivity index (χ2v) is 7.02. The Kier molecular flexibility index (Phi) is 7.17. The first-order chi connectivity index (χ1) is 11.1. The molecule has 0 amide bonds. The van der Waals surface area contributed by atoms with Crippen molar-refractivity contribution in [1.82, 2.24) is 10.6 Å². The molecule has 4 nitrogen and oxygen atoms in total. The minimum atomic E-state index is -0.583. The van der Waals surface area contributed by atoms with E-state index in [-0.39, 0.29) is 5.82 Å². The van der Waals surface area contributed by atoms with Gasteiger partial charge in [0, 0.05) is 18.0 Å². The number of aliphatic hydroxyl groups is 1. The minimum Gasteiger partial charge on any atom is -0.388 e. The van der Waals surface area contributed by atoms with Gasteiger partial charge in [0.1, 0.15) is 5.82 Å². The van der Waals surface area contributed by atoms with Gasteiger partial charge in [0.2, 0.25) is 0 Å². The molecule has 1 fully saturated rings. The maximum Gasteiger partial charge on any atom is 0.191 e. The Balaban J connectivity index is 1.65. The van der Waals surface area contributed by atoms with Crippen molar-refractivity contribution in [3.05, 3.63) is 30.1 Å². The summed E-state index contributed by atoms with van der Waals surface area (Å²) in [7, 11) is 0. The maximum atomic E-state index is 12.8. The first-order valence-corrected chi connectivity index (χ1v) is 9.23. The lowest BCUT2D eigenvalue weighted by molar-refractivity contribution is -0.0236. The second-order valence-electron chi connectivity index (χ2n) is 5.86. The van der Waals surface area contributed by atoms with Gasteiger partial charge in [0.05, 0.1) is 12.1 Å². The molecule has 1 aromatic rings. The normalized spacial score (nSPS) is 16.7. The molecule has 1 saturated carbocycles. The van der Waals surface area contributed by atoms with Crippen molar-refractivity contribution in [3.8, 4) is 0 Å². The largest absolute Gasteiger partial charge is 0.388 e. The van der Waals surface area contributed by atoms with Crippen LogP contribution in [0.5, 0.6) is 0 Å². The van der Waals surface area contributed by atoms with Gasteiger partial charge in [-0.25, -0.2) is 4.39 Å². The molecule has 3 N–H and O–H groups in total. The van der Waals surface area contributed by atoms with Crippen LogP contribution < -0.4 is 10.6 Å². The number of benzene rings is 1. The van der Waals surface area contributed by atoms with Gasteiger partial charge in [-0.15, -0.1) is 11.8 Å². The van der Waals surface area contributed by atoms with E-state index in [1.165, 1.54) is 12.1 Å². The molecule has 1 aromatic carbocycles. The van der Waals surface area contributed by atoms with Crippen LogP contribution in [0.1, 0.15) is 32.6 Å². The zero-order chi connectivity index (χ0) is 16.5. The van der Waals surface area contributed by atoms with Gasteiger partial charge < -0.3 is 15.7 Å². The molecule has 0 atom stereocenters. The fourth-order valence-electron chi connectivity index (χ4n) is 2.31. The summed E-state index contributed by atoms with van der Waals surface area (Å²) in [5, 5.41) is 16.6. The molecule has 23 heavy (non-hydrogen) atoms. The molecule has 2 rings (SSSR count). The molecular weight excluding hydrogens is 313 g/mol. The lowest BCUT2D eigenvalue weighted by Gasteiger charge is -2.35. The number of rotatable bonds is 8. The monoisotopic (exact) mass is 339 g/mol. The van der Waals surface area contributed by atoms with Gasteiger partial charge in [-0.3, -0.25) is 4.99 Å². The van der Waals surface area contributed by atoms with Crippen LogP contribution in [0.4, 0.5) is 4.39 Å². The third-order valence-corrected chi connectivity index (χ3v) is 4.95. The van der Waals surface area contributed by atoms with Gasteiger partial charge in [-0.05, 0) is 62.6 Å². The number of hydrogen-bond acceptors (Lipinski definition) is 3. The van der Waals surface area contributed by atoms with Gasteiger partial charge >= 0.3 is 0 Å². The second kappa shape index (κ2) is 9.13. The van der Waals surface area contributed by atoms with E-state index in [0.717, 1.165) is 55.4 Å². The Morgan fingerprint density at radius 1 is 1.30 bits per heavy atom. The summed E-state index contributed by atoms with van der Waals surface area (Å²) in [5.41, 5.74) is -0.583. The van der Waals surface area contributed by atoms with Crippen molar-refractivity contribution in [1.29, 1.82) is 0 Å². The van der Waals surface area contributed by atoms with E-state index in [1.54, 1.807) is 23.9 Å². The van der Waals surface area contributed by atoms with Crippen LogP contribution in [-0.4, -0.2) is 42.1 Å². The predicted molar refractivity (Wildman–Crippen MR) is 94.5 cm³/mol. The molecule has 0 heterocycles. The van der Waals surface area contributed by atoms with Crippen molar-refractivity contribution < 1.29 is 9.50 Å². The number of halogens is 1. The van der Waals surface area contributed by atoms with Crippen LogP contribution in [0.25, 0.3) is 0 Å². The highest BCUT2D eigenvalue weighted by molar-refractivity contribution is 7.99. The quantitative estimate of drug-likeness (QED) is 0.295. The Hall–Kier alpha value is -1.27. The Morgan fingerprint density at radius 2 is 2.04 bits per heavy atom. The van der Waals surface area contributed by atoms with Gasteiger partial charge in [-0.1, -0.05) is 0 Å². The van der Waals surface area contributed by atoms with E-state index in [1.807, 2.05) is 6.92 Å². The van der Waals surface area contributed by atoms with E-state index in [4.69, 9.17) is 0 Å². The van der Waals surface area contributed by atoms with E-state index in [2.05, 4.69) is 15.6 Å². The standard InChI is InChI=1S/C17H26FN3OS/c1-2-19-16(21-13-17(22)9-3-10-17)20-11-4-12-23-15-7-5-14(18)6-8-15/h5-8,22H,2-4,9-13H2,1H3,(H2,19,20,21). The summed E-state index contributed by atoms with van der Waals surface area (Å²) in [6.45, 7) is 4.11. The van der Waals surface area contributed by atoms with E-state index < -0.39 is 5.60 Å². The summed E-state index contributed by atoms with van der Waals surface area (Å²) in [5.74, 6) is 1.53. The number of nitrogens with one attached hydrogen (secondary N) is 2. The Morgan fingerprint density at radius 3 is 2.65 bits per heavy atom.